The van der Waals surface area contributed by atoms with E-state index in [4.69, 9.17) is 0 Å². The van der Waals surface area contributed by atoms with Crippen LogP contribution in [0.3, 0.4) is 0 Å². The van der Waals surface area contributed by atoms with Crippen LogP contribution in [0.15, 0.2) is 0 Å². The molecule has 3 fully saturated rings. The van der Waals surface area contributed by atoms with E-state index in [1.807, 2.05) is 0 Å². The molecule has 3 aliphatic rings. The first kappa shape index (κ1) is 7.77. The quantitative estimate of drug-likeness (QED) is 0.418. The van der Waals surface area contributed by atoms with Crippen molar-refractivity contribution < 1.29 is 10.1 Å². The van der Waals surface area contributed by atoms with Crippen molar-refractivity contribution in [1.29, 1.82) is 0 Å². The van der Waals surface area contributed by atoms with Crippen molar-refractivity contribution in [2.24, 2.45) is 11.8 Å². The highest BCUT2D eigenvalue weighted by Crippen LogP contribution is 2.54. The molecule has 0 radical (unpaired) electrons. The fraction of sp³-hybridized carbons (Fsp3) is 1.00. The standard InChI is InChI=1S/C6H8N4O4/c11-9(12)7-1-3-4-2-8(10(13)14)6(4)5(3)7/h3-6H,1-2H2/t3-,4+,5-,6+. The average Bonchev–Trinajstić information content (AvgIpc) is 2.03. The van der Waals surface area contributed by atoms with E-state index in [1.165, 1.54) is 0 Å². The molecule has 0 aromatic rings. The Kier molecular flexibility index (Phi) is 1.15. The van der Waals surface area contributed by atoms with Gasteiger partial charge in [-0.25, -0.2) is 20.2 Å². The summed E-state index contributed by atoms with van der Waals surface area (Å²) in [5, 5.41) is 22.3. The van der Waals surface area contributed by atoms with E-state index in [0.717, 1.165) is 10.0 Å². The third-order valence-corrected chi connectivity index (χ3v) is 3.68. The maximum atomic E-state index is 10.5. The summed E-state index contributed by atoms with van der Waals surface area (Å²) < 4.78 is 0. The van der Waals surface area contributed by atoms with Gasteiger partial charge in [-0.2, -0.15) is 0 Å². The van der Waals surface area contributed by atoms with Gasteiger partial charge >= 0.3 is 0 Å². The summed E-state index contributed by atoms with van der Waals surface area (Å²) in [4.78, 5) is 20.9. The summed E-state index contributed by atoms with van der Waals surface area (Å²) in [7, 11) is 0. The van der Waals surface area contributed by atoms with E-state index >= 15 is 0 Å². The molecule has 1 saturated carbocycles. The highest BCUT2D eigenvalue weighted by Gasteiger charge is 2.74. The lowest BCUT2D eigenvalue weighted by molar-refractivity contribution is -0.741. The van der Waals surface area contributed by atoms with Gasteiger partial charge in [0.25, 0.3) is 0 Å². The molecule has 0 amide bonds. The smallest absolute Gasteiger partial charge is 0.160 e. The van der Waals surface area contributed by atoms with Crippen LogP contribution in [0.5, 0.6) is 0 Å². The van der Waals surface area contributed by atoms with Crippen molar-refractivity contribution >= 4 is 0 Å². The fourth-order valence-corrected chi connectivity index (χ4v) is 2.90. The van der Waals surface area contributed by atoms with Crippen molar-refractivity contribution in [3.63, 3.8) is 0 Å². The van der Waals surface area contributed by atoms with Crippen LogP contribution in [0.25, 0.3) is 0 Å². The molecule has 76 valence electrons. The van der Waals surface area contributed by atoms with Crippen LogP contribution in [0, 0.1) is 32.1 Å². The summed E-state index contributed by atoms with van der Waals surface area (Å²) >= 11 is 0. The molecular weight excluding hydrogens is 192 g/mol. The van der Waals surface area contributed by atoms with E-state index in [2.05, 4.69) is 0 Å². The first-order chi connectivity index (χ1) is 6.61. The van der Waals surface area contributed by atoms with E-state index in [9.17, 15) is 20.2 Å². The highest BCUT2D eigenvalue weighted by molar-refractivity contribution is 5.17. The average molecular weight is 200 g/mol. The molecule has 8 nitrogen and oxygen atoms in total. The Hall–Kier alpha value is -1.60. The second-order valence-corrected chi connectivity index (χ2v) is 4.03. The van der Waals surface area contributed by atoms with E-state index in [1.54, 1.807) is 0 Å². The first-order valence-corrected chi connectivity index (χ1v) is 4.43. The molecule has 8 heteroatoms. The second kappa shape index (κ2) is 2.07. The number of hydrogen-bond donors (Lipinski definition) is 0. The molecule has 3 rings (SSSR count). The zero-order valence-corrected chi connectivity index (χ0v) is 7.15. The molecule has 0 aromatic heterocycles. The maximum Gasteiger partial charge on any atom is 0.160 e. The zero-order chi connectivity index (χ0) is 10.0. The Morgan fingerprint density at radius 1 is 0.929 bits per heavy atom. The van der Waals surface area contributed by atoms with E-state index in [0.29, 0.717) is 24.9 Å². The lowest BCUT2D eigenvalue weighted by atomic mass is 9.55. The Labute approximate surface area is 78.3 Å². The zero-order valence-electron chi connectivity index (χ0n) is 7.15. The van der Waals surface area contributed by atoms with Crippen LogP contribution in [0.2, 0.25) is 0 Å². The maximum absolute atomic E-state index is 10.5. The lowest BCUT2D eigenvalue weighted by Gasteiger charge is -2.65. The molecule has 14 heavy (non-hydrogen) atoms. The van der Waals surface area contributed by atoms with Gasteiger partial charge in [0.2, 0.25) is 0 Å². The van der Waals surface area contributed by atoms with Crippen LogP contribution < -0.4 is 0 Å². The predicted octanol–water partition coefficient (Wildman–Crippen LogP) is -1.02. The largest absolute Gasteiger partial charge is 0.235 e. The monoisotopic (exact) mass is 200 g/mol. The molecule has 0 spiro atoms. The van der Waals surface area contributed by atoms with Gasteiger partial charge in [0.05, 0.1) is 13.1 Å². The SMILES string of the molecule is O=[N+]([O-])N1C[C@@H]2[C@@H]3CN([N+](=O)[O-])[C@@H]3[C@@H]21. The van der Waals surface area contributed by atoms with Crippen LogP contribution in [-0.4, -0.2) is 45.3 Å². The minimum atomic E-state index is -0.451. The molecule has 0 unspecified atom stereocenters. The van der Waals surface area contributed by atoms with Crippen LogP contribution in [0.4, 0.5) is 0 Å². The van der Waals surface area contributed by atoms with Crippen molar-refractivity contribution in [1.82, 2.24) is 10.0 Å². The van der Waals surface area contributed by atoms with Gasteiger partial charge in [-0.15, -0.1) is 10.0 Å². The first-order valence-electron chi connectivity index (χ1n) is 4.43. The molecule has 2 aliphatic heterocycles. The minimum absolute atomic E-state index is 0.214. The molecular formula is C6H8N4O4. The van der Waals surface area contributed by atoms with Crippen LogP contribution in [0.1, 0.15) is 0 Å². The molecule has 0 bridgehead atoms. The van der Waals surface area contributed by atoms with Gasteiger partial charge in [0.15, 0.2) is 10.1 Å². The van der Waals surface area contributed by atoms with E-state index in [-0.39, 0.29) is 12.1 Å². The fourth-order valence-electron chi connectivity index (χ4n) is 2.90. The van der Waals surface area contributed by atoms with Gasteiger partial charge in [-0.05, 0) is 0 Å². The van der Waals surface area contributed by atoms with Gasteiger partial charge in [-0.1, -0.05) is 0 Å². The number of nitrogens with zero attached hydrogens (tertiary/aromatic N) is 4. The molecule has 4 atom stereocenters. The number of nitro groups is 2. The Morgan fingerprint density at radius 3 is 1.57 bits per heavy atom. The Balaban J connectivity index is 1.72. The highest BCUT2D eigenvalue weighted by atomic mass is 16.7. The van der Waals surface area contributed by atoms with Crippen molar-refractivity contribution in [3.8, 4) is 0 Å². The van der Waals surface area contributed by atoms with Crippen molar-refractivity contribution in [2.75, 3.05) is 13.1 Å². The molecule has 0 N–H and O–H groups in total. The predicted molar refractivity (Wildman–Crippen MR) is 42.0 cm³/mol. The summed E-state index contributed by atoms with van der Waals surface area (Å²) in [6.07, 6.45) is 0. The summed E-state index contributed by atoms with van der Waals surface area (Å²) in [6.45, 7) is 0.925. The van der Waals surface area contributed by atoms with E-state index < -0.39 is 10.1 Å². The molecule has 2 heterocycles. The number of piperidine rings is 2. The summed E-state index contributed by atoms with van der Waals surface area (Å²) in [5.74, 6) is 0.642. The Morgan fingerprint density at radius 2 is 1.29 bits per heavy atom. The van der Waals surface area contributed by atoms with Crippen molar-refractivity contribution in [2.45, 2.75) is 12.1 Å². The lowest BCUT2D eigenvalue weighted by Crippen LogP contribution is -2.87. The third-order valence-electron chi connectivity index (χ3n) is 3.68. The van der Waals surface area contributed by atoms with Gasteiger partial charge in [0, 0.05) is 11.8 Å². The topological polar surface area (TPSA) is 92.8 Å². The number of fused-ring (bicyclic) bond motifs is 4. The normalized spacial score (nSPS) is 42.6. The van der Waals surface area contributed by atoms with Crippen LogP contribution in [-0.2, 0) is 0 Å². The van der Waals surface area contributed by atoms with Gasteiger partial charge in [0.1, 0.15) is 12.1 Å². The second-order valence-electron chi connectivity index (χ2n) is 4.03. The molecule has 0 aromatic carbocycles. The summed E-state index contributed by atoms with van der Waals surface area (Å²) in [5.41, 5.74) is 0. The van der Waals surface area contributed by atoms with Gasteiger partial charge in [-0.3, -0.25) is 0 Å². The third kappa shape index (κ3) is 0.623. The Bertz CT molecular complexity index is 302. The molecule has 1 aliphatic carbocycles. The molecule has 2 saturated heterocycles. The number of hydrazine groups is 2. The summed E-state index contributed by atoms with van der Waals surface area (Å²) in [6, 6.07) is -0.428. The number of rotatable bonds is 2. The van der Waals surface area contributed by atoms with Gasteiger partial charge < -0.3 is 0 Å². The minimum Gasteiger partial charge on any atom is -0.235 e. The van der Waals surface area contributed by atoms with Crippen molar-refractivity contribution in [3.05, 3.63) is 20.2 Å². The number of hydrogen-bond acceptors (Lipinski definition) is 4. The van der Waals surface area contributed by atoms with Crippen LogP contribution >= 0.6 is 0 Å².